The summed E-state index contributed by atoms with van der Waals surface area (Å²) < 4.78 is 5.53. The quantitative estimate of drug-likeness (QED) is 0.827. The van der Waals surface area contributed by atoms with Crippen molar-refractivity contribution in [2.75, 3.05) is 6.61 Å². The van der Waals surface area contributed by atoms with Crippen molar-refractivity contribution in [1.29, 1.82) is 0 Å². The van der Waals surface area contributed by atoms with Crippen molar-refractivity contribution in [2.24, 2.45) is 5.73 Å². The van der Waals surface area contributed by atoms with E-state index in [0.29, 0.717) is 13.0 Å². The molecule has 0 radical (unpaired) electrons. The molecule has 0 spiro atoms. The fourth-order valence-corrected chi connectivity index (χ4v) is 2.05. The van der Waals surface area contributed by atoms with Crippen molar-refractivity contribution in [2.45, 2.75) is 38.3 Å². The van der Waals surface area contributed by atoms with Crippen molar-refractivity contribution >= 4 is 5.91 Å². The van der Waals surface area contributed by atoms with Crippen LogP contribution >= 0.6 is 0 Å². The van der Waals surface area contributed by atoms with Gasteiger partial charge < -0.3 is 15.8 Å². The van der Waals surface area contributed by atoms with Crippen LogP contribution in [0.4, 0.5) is 0 Å². The summed E-state index contributed by atoms with van der Waals surface area (Å²) in [6.45, 7) is 2.42. The zero-order valence-electron chi connectivity index (χ0n) is 10.7. The molecule has 0 heterocycles. The highest BCUT2D eigenvalue weighted by Crippen LogP contribution is 2.17. The largest absolute Gasteiger partial charge is 0.493 e. The van der Waals surface area contributed by atoms with Crippen LogP contribution in [-0.2, 0) is 4.79 Å². The van der Waals surface area contributed by atoms with Gasteiger partial charge in [0.05, 0.1) is 13.0 Å². The molecular formula is C14H20N2O2. The lowest BCUT2D eigenvalue weighted by Gasteiger charge is -2.32. The molecule has 0 bridgehead atoms. The Balaban J connectivity index is 1.64. The van der Waals surface area contributed by atoms with Gasteiger partial charge in [0, 0.05) is 12.1 Å². The van der Waals surface area contributed by atoms with Crippen LogP contribution in [0.3, 0.4) is 0 Å². The van der Waals surface area contributed by atoms with Gasteiger partial charge in [-0.2, -0.15) is 0 Å². The molecule has 0 unspecified atom stereocenters. The standard InChI is InChI=1S/C14H20N2O2/c1-10-3-2-4-13(7-10)18-6-5-14(17)16-12-8-11(15)9-12/h2-4,7,11-12H,5-6,8-9,15H2,1H3,(H,16,17). The number of amides is 1. The maximum Gasteiger partial charge on any atom is 0.223 e. The summed E-state index contributed by atoms with van der Waals surface area (Å²) in [5.74, 6) is 0.855. The fourth-order valence-electron chi connectivity index (χ4n) is 2.05. The van der Waals surface area contributed by atoms with E-state index in [-0.39, 0.29) is 18.0 Å². The Morgan fingerprint density at radius 2 is 2.28 bits per heavy atom. The Morgan fingerprint density at radius 1 is 1.50 bits per heavy atom. The maximum absolute atomic E-state index is 11.6. The molecule has 0 aliphatic heterocycles. The van der Waals surface area contributed by atoms with Crippen molar-refractivity contribution < 1.29 is 9.53 Å². The van der Waals surface area contributed by atoms with Gasteiger partial charge in [0.1, 0.15) is 5.75 Å². The van der Waals surface area contributed by atoms with Crippen molar-refractivity contribution in [3.05, 3.63) is 29.8 Å². The smallest absolute Gasteiger partial charge is 0.223 e. The molecule has 1 saturated carbocycles. The van der Waals surface area contributed by atoms with E-state index >= 15 is 0 Å². The first-order chi connectivity index (χ1) is 8.63. The highest BCUT2D eigenvalue weighted by molar-refractivity contribution is 5.76. The molecule has 1 fully saturated rings. The summed E-state index contributed by atoms with van der Waals surface area (Å²) in [4.78, 5) is 11.6. The third kappa shape index (κ3) is 3.74. The molecule has 0 atom stereocenters. The molecule has 4 nitrogen and oxygen atoms in total. The number of rotatable bonds is 5. The summed E-state index contributed by atoms with van der Waals surface area (Å²) in [5.41, 5.74) is 6.81. The number of nitrogens with two attached hydrogens (primary N) is 1. The minimum absolute atomic E-state index is 0.0413. The van der Waals surface area contributed by atoms with Crippen LogP contribution in [0.2, 0.25) is 0 Å². The molecule has 1 amide bonds. The van der Waals surface area contributed by atoms with E-state index < -0.39 is 0 Å². The summed E-state index contributed by atoms with van der Waals surface area (Å²) in [7, 11) is 0. The Bertz CT molecular complexity index is 414. The lowest BCUT2D eigenvalue weighted by Crippen LogP contribution is -2.50. The zero-order valence-corrected chi connectivity index (χ0v) is 10.7. The Hall–Kier alpha value is -1.55. The second-order valence-electron chi connectivity index (χ2n) is 4.91. The van der Waals surface area contributed by atoms with Crippen molar-refractivity contribution in [3.8, 4) is 5.75 Å². The van der Waals surface area contributed by atoms with Crippen LogP contribution in [-0.4, -0.2) is 24.6 Å². The molecule has 18 heavy (non-hydrogen) atoms. The molecule has 1 aliphatic carbocycles. The number of hydrogen-bond acceptors (Lipinski definition) is 3. The number of ether oxygens (including phenoxy) is 1. The van der Waals surface area contributed by atoms with Crippen molar-refractivity contribution in [3.63, 3.8) is 0 Å². The number of carbonyl (C=O) groups excluding carboxylic acids is 1. The van der Waals surface area contributed by atoms with Crippen LogP contribution in [0.1, 0.15) is 24.8 Å². The van der Waals surface area contributed by atoms with Gasteiger partial charge in [0.15, 0.2) is 0 Å². The first kappa shape index (κ1) is 12.9. The Kier molecular flexibility index (Phi) is 4.20. The van der Waals surface area contributed by atoms with Gasteiger partial charge >= 0.3 is 0 Å². The van der Waals surface area contributed by atoms with Gasteiger partial charge in [-0.25, -0.2) is 0 Å². The van der Waals surface area contributed by atoms with E-state index in [1.54, 1.807) is 0 Å². The highest BCUT2D eigenvalue weighted by Gasteiger charge is 2.26. The normalized spacial score (nSPS) is 22.1. The summed E-state index contributed by atoms with van der Waals surface area (Å²) in [5, 5.41) is 2.95. The molecular weight excluding hydrogens is 228 g/mol. The van der Waals surface area contributed by atoms with Crippen LogP contribution in [0, 0.1) is 6.92 Å². The average Bonchev–Trinajstić information content (AvgIpc) is 2.27. The first-order valence-electron chi connectivity index (χ1n) is 6.38. The van der Waals surface area contributed by atoms with E-state index in [1.807, 2.05) is 31.2 Å². The average molecular weight is 248 g/mol. The molecule has 1 aromatic carbocycles. The SMILES string of the molecule is Cc1cccc(OCCC(=O)NC2CC(N)C2)c1. The first-order valence-corrected chi connectivity index (χ1v) is 6.38. The maximum atomic E-state index is 11.6. The van der Waals surface area contributed by atoms with E-state index in [1.165, 1.54) is 0 Å². The van der Waals surface area contributed by atoms with Gasteiger partial charge in [0.2, 0.25) is 5.91 Å². The third-order valence-corrected chi connectivity index (χ3v) is 3.13. The number of benzene rings is 1. The Labute approximate surface area is 108 Å². The molecule has 4 heteroatoms. The predicted molar refractivity (Wildman–Crippen MR) is 70.4 cm³/mol. The Morgan fingerprint density at radius 3 is 2.94 bits per heavy atom. The lowest BCUT2D eigenvalue weighted by molar-refractivity contribution is -0.122. The van der Waals surface area contributed by atoms with Gasteiger partial charge in [0.25, 0.3) is 0 Å². The highest BCUT2D eigenvalue weighted by atomic mass is 16.5. The molecule has 1 aliphatic rings. The van der Waals surface area contributed by atoms with E-state index in [9.17, 15) is 4.79 Å². The summed E-state index contributed by atoms with van der Waals surface area (Å²) >= 11 is 0. The van der Waals surface area contributed by atoms with Crippen molar-refractivity contribution in [1.82, 2.24) is 5.32 Å². The molecule has 98 valence electrons. The minimum atomic E-state index is 0.0413. The predicted octanol–water partition coefficient (Wildman–Crippen LogP) is 1.37. The molecule has 1 aromatic rings. The molecule has 0 aromatic heterocycles. The number of carbonyl (C=O) groups is 1. The van der Waals surface area contributed by atoms with Crippen LogP contribution < -0.4 is 15.8 Å². The second-order valence-corrected chi connectivity index (χ2v) is 4.91. The number of nitrogens with one attached hydrogen (secondary N) is 1. The minimum Gasteiger partial charge on any atom is -0.493 e. The van der Waals surface area contributed by atoms with Crippen LogP contribution in [0.5, 0.6) is 5.75 Å². The van der Waals surface area contributed by atoms with Gasteiger partial charge in [-0.15, -0.1) is 0 Å². The summed E-state index contributed by atoms with van der Waals surface area (Å²) in [6, 6.07) is 8.35. The summed E-state index contributed by atoms with van der Waals surface area (Å²) in [6.07, 6.45) is 2.18. The second kappa shape index (κ2) is 5.87. The monoisotopic (exact) mass is 248 g/mol. The van der Waals surface area contributed by atoms with Gasteiger partial charge in [-0.1, -0.05) is 12.1 Å². The van der Waals surface area contributed by atoms with Gasteiger partial charge in [-0.05, 0) is 37.5 Å². The number of hydrogen-bond donors (Lipinski definition) is 2. The molecule has 0 saturated heterocycles. The van der Waals surface area contributed by atoms with E-state index in [0.717, 1.165) is 24.2 Å². The topological polar surface area (TPSA) is 64.3 Å². The van der Waals surface area contributed by atoms with Crippen LogP contribution in [0.15, 0.2) is 24.3 Å². The fraction of sp³-hybridized carbons (Fsp3) is 0.500. The third-order valence-electron chi connectivity index (χ3n) is 3.13. The van der Waals surface area contributed by atoms with Gasteiger partial charge in [-0.3, -0.25) is 4.79 Å². The van der Waals surface area contributed by atoms with E-state index in [2.05, 4.69) is 5.32 Å². The number of aryl methyl sites for hydroxylation is 1. The zero-order chi connectivity index (χ0) is 13.0. The molecule has 2 rings (SSSR count). The van der Waals surface area contributed by atoms with Crippen LogP contribution in [0.25, 0.3) is 0 Å². The lowest BCUT2D eigenvalue weighted by atomic mass is 9.87. The van der Waals surface area contributed by atoms with E-state index in [4.69, 9.17) is 10.5 Å². The molecule has 3 N–H and O–H groups in total.